The number of nitrogens with zero attached hydrogens (tertiary/aromatic N) is 2. The molecule has 0 aliphatic rings. The van der Waals surface area contributed by atoms with Gasteiger partial charge in [0.25, 0.3) is 0 Å². The first kappa shape index (κ1) is 15.9. The maximum Gasteiger partial charge on any atom is 0.0900 e. The van der Waals surface area contributed by atoms with Crippen LogP contribution in [0.15, 0.2) is 24.3 Å². The number of aliphatic hydroxyl groups excluding tert-OH is 1. The van der Waals surface area contributed by atoms with Crippen LogP contribution in [0, 0.1) is 11.3 Å². The minimum Gasteiger partial charge on any atom is -0.389 e. The lowest BCUT2D eigenvalue weighted by molar-refractivity contribution is -0.0119. The minimum absolute atomic E-state index is 0.104. The summed E-state index contributed by atoms with van der Waals surface area (Å²) in [6.07, 6.45) is -0.707. The molecule has 0 spiro atoms. The van der Waals surface area contributed by atoms with Gasteiger partial charge in [0.1, 0.15) is 0 Å². The number of hydrogen-bond acceptors (Lipinski definition) is 4. The quantitative estimate of drug-likeness (QED) is 0.779. The summed E-state index contributed by atoms with van der Waals surface area (Å²) in [5, 5.41) is 19.0. The fourth-order valence-corrected chi connectivity index (χ4v) is 1.81. The van der Waals surface area contributed by atoms with E-state index in [0.29, 0.717) is 18.1 Å². The molecule has 1 aromatic rings. The van der Waals surface area contributed by atoms with E-state index in [9.17, 15) is 5.11 Å². The van der Waals surface area contributed by atoms with Crippen LogP contribution >= 0.6 is 11.6 Å². The molecule has 0 amide bonds. The van der Waals surface area contributed by atoms with Gasteiger partial charge in [0.2, 0.25) is 0 Å². The van der Waals surface area contributed by atoms with Crippen molar-refractivity contribution in [2.45, 2.75) is 19.1 Å². The molecule has 2 atom stereocenters. The van der Waals surface area contributed by atoms with Crippen LogP contribution in [0.25, 0.3) is 0 Å². The van der Waals surface area contributed by atoms with Crippen molar-refractivity contribution in [1.29, 1.82) is 5.26 Å². The smallest absolute Gasteiger partial charge is 0.0900 e. The normalized spacial score (nSPS) is 14.1. The average Bonchev–Trinajstić information content (AvgIpc) is 2.37. The second-order valence-corrected chi connectivity index (χ2v) is 4.97. The zero-order valence-electron chi connectivity index (χ0n) is 11.2. The predicted molar refractivity (Wildman–Crippen MR) is 74.9 cm³/mol. The first-order chi connectivity index (χ1) is 9.02. The topological polar surface area (TPSA) is 56.5 Å². The molecule has 1 rings (SSSR count). The molecule has 104 valence electrons. The lowest BCUT2D eigenvalue weighted by atomic mass is 10.1. The zero-order valence-corrected chi connectivity index (χ0v) is 12.0. The molecule has 0 heterocycles. The molecule has 5 heteroatoms. The highest BCUT2D eigenvalue weighted by Crippen LogP contribution is 2.19. The monoisotopic (exact) mass is 282 g/mol. The molecule has 0 bridgehead atoms. The van der Waals surface area contributed by atoms with Crippen molar-refractivity contribution in [2.24, 2.45) is 0 Å². The van der Waals surface area contributed by atoms with E-state index in [1.807, 2.05) is 37.3 Å². The average molecular weight is 283 g/mol. The van der Waals surface area contributed by atoms with Crippen LogP contribution in [0.1, 0.15) is 18.6 Å². The van der Waals surface area contributed by atoms with Crippen molar-refractivity contribution in [3.8, 4) is 6.07 Å². The number of hydrogen-bond donors (Lipinski definition) is 1. The molecule has 1 aromatic carbocycles. The predicted octanol–water partition coefficient (Wildman–Crippen LogP) is 2.23. The van der Waals surface area contributed by atoms with Crippen molar-refractivity contribution < 1.29 is 9.84 Å². The summed E-state index contributed by atoms with van der Waals surface area (Å²) < 4.78 is 5.61. The van der Waals surface area contributed by atoms with Crippen molar-refractivity contribution in [2.75, 3.05) is 26.7 Å². The summed E-state index contributed by atoms with van der Waals surface area (Å²) in [7, 11) is 1.79. The third kappa shape index (κ3) is 6.04. The lowest BCUT2D eigenvalue weighted by Gasteiger charge is -2.20. The third-order valence-corrected chi connectivity index (χ3v) is 2.99. The lowest BCUT2D eigenvalue weighted by Crippen LogP contribution is -2.32. The molecule has 0 saturated heterocycles. The van der Waals surface area contributed by atoms with Gasteiger partial charge in [-0.3, -0.25) is 4.90 Å². The maximum absolute atomic E-state index is 9.79. The number of halogens is 1. The standard InChI is InChI=1S/C14H19ClN2O2/c1-11(12-3-5-13(15)6-4-12)19-10-14(18)9-17(2)8-7-16/h3-6,11,14,18H,8-10H2,1-2H3. The van der Waals surface area contributed by atoms with Gasteiger partial charge in [-0.05, 0) is 31.7 Å². The molecule has 2 unspecified atom stereocenters. The Kier molecular flexibility index (Phi) is 6.82. The van der Waals surface area contributed by atoms with E-state index in [1.165, 1.54) is 0 Å². The van der Waals surface area contributed by atoms with Crippen LogP contribution in [0.5, 0.6) is 0 Å². The Hall–Kier alpha value is -1.12. The Bertz CT molecular complexity index is 416. The Morgan fingerprint density at radius 1 is 1.42 bits per heavy atom. The van der Waals surface area contributed by atoms with Gasteiger partial charge in [0.15, 0.2) is 0 Å². The highest BCUT2D eigenvalue weighted by Gasteiger charge is 2.11. The molecule has 0 aromatic heterocycles. The second kappa shape index (κ2) is 8.13. The van der Waals surface area contributed by atoms with Gasteiger partial charge in [-0.2, -0.15) is 5.26 Å². The van der Waals surface area contributed by atoms with E-state index in [-0.39, 0.29) is 12.7 Å². The highest BCUT2D eigenvalue weighted by atomic mass is 35.5. The van der Waals surface area contributed by atoms with Crippen LogP contribution < -0.4 is 0 Å². The van der Waals surface area contributed by atoms with E-state index in [2.05, 4.69) is 0 Å². The summed E-state index contributed by atoms with van der Waals surface area (Å²) in [6.45, 7) is 2.87. The minimum atomic E-state index is -0.604. The molecule has 0 aliphatic carbocycles. The van der Waals surface area contributed by atoms with Gasteiger partial charge in [-0.25, -0.2) is 0 Å². The first-order valence-corrected chi connectivity index (χ1v) is 6.51. The summed E-state index contributed by atoms with van der Waals surface area (Å²) in [5.41, 5.74) is 1.02. The van der Waals surface area contributed by atoms with Crippen LogP contribution in [0.3, 0.4) is 0 Å². The van der Waals surface area contributed by atoms with Gasteiger partial charge in [-0.1, -0.05) is 23.7 Å². The van der Waals surface area contributed by atoms with Crippen LogP contribution in [0.4, 0.5) is 0 Å². The van der Waals surface area contributed by atoms with Crippen LogP contribution in [-0.2, 0) is 4.74 Å². The molecule has 19 heavy (non-hydrogen) atoms. The van der Waals surface area contributed by atoms with Crippen molar-refractivity contribution in [3.63, 3.8) is 0 Å². The molecule has 0 aliphatic heterocycles. The number of ether oxygens (including phenoxy) is 1. The fourth-order valence-electron chi connectivity index (χ4n) is 1.68. The zero-order chi connectivity index (χ0) is 14.3. The number of likely N-dealkylation sites (N-methyl/N-ethyl adjacent to an activating group) is 1. The fraction of sp³-hybridized carbons (Fsp3) is 0.500. The third-order valence-electron chi connectivity index (χ3n) is 2.74. The largest absolute Gasteiger partial charge is 0.389 e. The van der Waals surface area contributed by atoms with Gasteiger partial charge in [0, 0.05) is 11.6 Å². The number of aliphatic hydroxyl groups is 1. The molecule has 0 radical (unpaired) electrons. The van der Waals surface area contributed by atoms with E-state index >= 15 is 0 Å². The highest BCUT2D eigenvalue weighted by molar-refractivity contribution is 6.30. The number of nitriles is 1. The Morgan fingerprint density at radius 3 is 2.63 bits per heavy atom. The number of benzene rings is 1. The van der Waals surface area contributed by atoms with Crippen molar-refractivity contribution in [1.82, 2.24) is 4.90 Å². The van der Waals surface area contributed by atoms with Gasteiger partial charge in [0.05, 0.1) is 31.4 Å². The Balaban J connectivity index is 2.35. The van der Waals surface area contributed by atoms with Crippen LogP contribution in [0.2, 0.25) is 5.02 Å². The molecule has 4 nitrogen and oxygen atoms in total. The van der Waals surface area contributed by atoms with E-state index < -0.39 is 6.10 Å². The number of rotatable bonds is 7. The van der Waals surface area contributed by atoms with Crippen molar-refractivity contribution >= 4 is 11.6 Å². The van der Waals surface area contributed by atoms with Gasteiger partial charge >= 0.3 is 0 Å². The van der Waals surface area contributed by atoms with Gasteiger partial charge in [-0.15, -0.1) is 0 Å². The summed E-state index contributed by atoms with van der Waals surface area (Å²) in [4.78, 5) is 1.75. The molecular weight excluding hydrogens is 264 g/mol. The van der Waals surface area contributed by atoms with Crippen molar-refractivity contribution in [3.05, 3.63) is 34.9 Å². The molecule has 0 saturated carbocycles. The van der Waals surface area contributed by atoms with E-state index in [4.69, 9.17) is 21.6 Å². The summed E-state index contributed by atoms with van der Waals surface area (Å²) in [5.74, 6) is 0. The van der Waals surface area contributed by atoms with Gasteiger partial charge < -0.3 is 9.84 Å². The summed E-state index contributed by atoms with van der Waals surface area (Å²) in [6, 6.07) is 9.46. The molecule has 1 N–H and O–H groups in total. The first-order valence-electron chi connectivity index (χ1n) is 6.13. The Labute approximate surface area is 119 Å². The Morgan fingerprint density at radius 2 is 2.05 bits per heavy atom. The molecule has 0 fully saturated rings. The van der Waals surface area contributed by atoms with E-state index in [0.717, 1.165) is 5.56 Å². The maximum atomic E-state index is 9.79. The summed E-state index contributed by atoms with van der Waals surface area (Å²) >= 11 is 5.82. The SMILES string of the molecule is CC(OCC(O)CN(C)CC#N)c1ccc(Cl)cc1. The molecular formula is C14H19ClN2O2. The second-order valence-electron chi connectivity index (χ2n) is 4.54. The van der Waals surface area contributed by atoms with E-state index in [1.54, 1.807) is 11.9 Å². The van der Waals surface area contributed by atoms with Crippen LogP contribution in [-0.4, -0.2) is 42.9 Å².